The number of benzene rings is 1. The number of amides is 3. The Labute approximate surface area is 109 Å². The summed E-state index contributed by atoms with van der Waals surface area (Å²) in [6.07, 6.45) is 0.358. The summed E-state index contributed by atoms with van der Waals surface area (Å²) in [7, 11) is 0. The molecule has 6 heteroatoms. The van der Waals surface area contributed by atoms with Crippen molar-refractivity contribution in [3.8, 4) is 0 Å². The molecule has 0 saturated carbocycles. The molecule has 98 valence electrons. The molecule has 1 fully saturated rings. The lowest BCUT2D eigenvalue weighted by Gasteiger charge is -2.19. The van der Waals surface area contributed by atoms with Gasteiger partial charge < -0.3 is 10.1 Å². The van der Waals surface area contributed by atoms with Gasteiger partial charge >= 0.3 is 6.09 Å². The van der Waals surface area contributed by atoms with E-state index in [1.54, 1.807) is 12.1 Å². The molecule has 19 heavy (non-hydrogen) atoms. The summed E-state index contributed by atoms with van der Waals surface area (Å²) in [5.74, 6) is -0.568. The topological polar surface area (TPSA) is 84.5 Å². The second-order valence-corrected chi connectivity index (χ2v) is 4.72. The first-order valence-electron chi connectivity index (χ1n) is 5.97. The van der Waals surface area contributed by atoms with E-state index in [-0.39, 0.29) is 5.91 Å². The van der Waals surface area contributed by atoms with E-state index in [1.807, 2.05) is 6.07 Å². The second-order valence-electron chi connectivity index (χ2n) is 4.72. The number of hydrogen-bond donors (Lipinski definition) is 2. The number of fused-ring (bicyclic) bond motifs is 2. The van der Waals surface area contributed by atoms with E-state index in [1.165, 1.54) is 6.92 Å². The largest absolute Gasteiger partial charge is 0.427 e. The normalized spacial score (nSPS) is 24.1. The number of alkyl carbamates (subject to hydrolysis) is 1. The molecule has 0 unspecified atom stereocenters. The minimum absolute atomic E-state index is 0.155. The fourth-order valence-corrected chi connectivity index (χ4v) is 2.69. The number of ether oxygens (including phenoxy) is 1. The summed E-state index contributed by atoms with van der Waals surface area (Å²) >= 11 is 0. The van der Waals surface area contributed by atoms with Crippen LogP contribution < -0.4 is 10.6 Å². The molecular weight excluding hydrogens is 248 g/mol. The summed E-state index contributed by atoms with van der Waals surface area (Å²) in [5, 5.41) is 4.85. The Morgan fingerprint density at radius 2 is 2.21 bits per heavy atom. The van der Waals surface area contributed by atoms with Crippen LogP contribution in [0.25, 0.3) is 0 Å². The van der Waals surface area contributed by atoms with Gasteiger partial charge in [-0.2, -0.15) is 0 Å². The number of nitrogens with one attached hydrogen (secondary N) is 2. The molecule has 1 aliphatic carbocycles. The van der Waals surface area contributed by atoms with Crippen LogP contribution in [0.4, 0.5) is 10.5 Å². The van der Waals surface area contributed by atoms with Gasteiger partial charge in [0.2, 0.25) is 11.5 Å². The fourth-order valence-electron chi connectivity index (χ4n) is 2.69. The quantitative estimate of drug-likeness (QED) is 0.790. The van der Waals surface area contributed by atoms with Crippen molar-refractivity contribution in [2.75, 3.05) is 5.32 Å². The molecule has 1 aliphatic heterocycles. The number of carbonyl (C=O) groups excluding carboxylic acids is 3. The third-order valence-corrected chi connectivity index (χ3v) is 3.46. The van der Waals surface area contributed by atoms with Gasteiger partial charge in [-0.15, -0.1) is 0 Å². The van der Waals surface area contributed by atoms with Crippen molar-refractivity contribution in [1.82, 2.24) is 5.32 Å². The van der Waals surface area contributed by atoms with Crippen LogP contribution in [0.3, 0.4) is 0 Å². The van der Waals surface area contributed by atoms with E-state index < -0.39 is 17.6 Å². The Balaban J connectivity index is 2.00. The average molecular weight is 260 g/mol. The Bertz CT molecular complexity index is 611. The number of rotatable bonds is 1. The summed E-state index contributed by atoms with van der Waals surface area (Å²) in [6, 6.07) is 5.24. The lowest BCUT2D eigenvalue weighted by molar-refractivity contribution is -0.131. The van der Waals surface area contributed by atoms with Gasteiger partial charge in [-0.1, -0.05) is 6.07 Å². The fraction of sp³-hybridized carbons (Fsp3) is 0.308. The van der Waals surface area contributed by atoms with Crippen molar-refractivity contribution in [2.24, 2.45) is 0 Å². The Morgan fingerprint density at radius 1 is 1.42 bits per heavy atom. The van der Waals surface area contributed by atoms with Crippen molar-refractivity contribution in [1.29, 1.82) is 0 Å². The van der Waals surface area contributed by atoms with Crippen LogP contribution in [0.5, 0.6) is 0 Å². The molecule has 1 aromatic rings. The SMILES string of the molecule is CC(=O)Nc1ccc2c(c1)CC[C@@]21OC(=O)NC1=O. The number of imide groups is 1. The van der Waals surface area contributed by atoms with E-state index in [0.717, 1.165) is 5.56 Å². The zero-order valence-electron chi connectivity index (χ0n) is 10.3. The first-order valence-corrected chi connectivity index (χ1v) is 5.97. The molecule has 0 bridgehead atoms. The summed E-state index contributed by atoms with van der Waals surface area (Å²) in [6.45, 7) is 1.43. The number of hydrogen-bond acceptors (Lipinski definition) is 4. The highest BCUT2D eigenvalue weighted by molar-refractivity contribution is 6.04. The third kappa shape index (κ3) is 1.68. The van der Waals surface area contributed by atoms with Gasteiger partial charge in [0.1, 0.15) is 0 Å². The molecule has 6 nitrogen and oxygen atoms in total. The van der Waals surface area contributed by atoms with Crippen LogP contribution in [0, 0.1) is 0 Å². The number of anilines is 1. The van der Waals surface area contributed by atoms with E-state index in [0.29, 0.717) is 24.1 Å². The van der Waals surface area contributed by atoms with Crippen LogP contribution >= 0.6 is 0 Å². The van der Waals surface area contributed by atoms with Crippen molar-refractivity contribution >= 4 is 23.6 Å². The smallest absolute Gasteiger partial charge is 0.415 e. The predicted octanol–water partition coefficient (Wildman–Crippen LogP) is 1.05. The minimum atomic E-state index is -1.18. The molecule has 1 saturated heterocycles. The highest BCUT2D eigenvalue weighted by Crippen LogP contribution is 2.43. The van der Waals surface area contributed by atoms with Gasteiger partial charge in [0, 0.05) is 24.6 Å². The highest BCUT2D eigenvalue weighted by Gasteiger charge is 2.54. The molecular formula is C13H12N2O4. The minimum Gasteiger partial charge on any atom is -0.427 e. The zero-order chi connectivity index (χ0) is 13.6. The number of aryl methyl sites for hydroxylation is 1. The van der Waals surface area contributed by atoms with Crippen molar-refractivity contribution < 1.29 is 19.1 Å². The summed E-state index contributed by atoms with van der Waals surface area (Å²) in [4.78, 5) is 34.1. The van der Waals surface area contributed by atoms with Crippen molar-refractivity contribution in [2.45, 2.75) is 25.4 Å². The second kappa shape index (κ2) is 3.81. The maximum absolute atomic E-state index is 11.9. The van der Waals surface area contributed by atoms with E-state index in [2.05, 4.69) is 10.6 Å². The van der Waals surface area contributed by atoms with Crippen LogP contribution in [0.15, 0.2) is 18.2 Å². The molecule has 2 N–H and O–H groups in total. The van der Waals surface area contributed by atoms with Gasteiger partial charge in [0.05, 0.1) is 0 Å². The van der Waals surface area contributed by atoms with E-state index in [9.17, 15) is 14.4 Å². The molecule has 0 aromatic heterocycles. The molecule has 1 heterocycles. The van der Waals surface area contributed by atoms with Crippen LogP contribution in [-0.2, 0) is 26.3 Å². The molecule has 3 amide bonds. The molecule has 2 aliphatic rings. The Hall–Kier alpha value is -2.37. The standard InChI is InChI=1S/C13H12N2O4/c1-7(16)14-9-2-3-10-8(6-9)4-5-13(10)11(17)15-12(18)19-13/h2-3,6H,4-5H2,1H3,(H,14,16)(H,15,17,18)/t13-/m1/s1. The van der Waals surface area contributed by atoms with Crippen LogP contribution in [-0.4, -0.2) is 17.9 Å². The van der Waals surface area contributed by atoms with Gasteiger partial charge in [-0.05, 0) is 24.1 Å². The van der Waals surface area contributed by atoms with Crippen LogP contribution in [0.1, 0.15) is 24.5 Å². The van der Waals surface area contributed by atoms with Gasteiger partial charge in [-0.3, -0.25) is 14.9 Å². The van der Waals surface area contributed by atoms with Crippen molar-refractivity contribution in [3.63, 3.8) is 0 Å². The Morgan fingerprint density at radius 3 is 2.84 bits per heavy atom. The van der Waals surface area contributed by atoms with Gasteiger partial charge in [-0.25, -0.2) is 4.79 Å². The maximum Gasteiger partial charge on any atom is 0.415 e. The van der Waals surface area contributed by atoms with Crippen molar-refractivity contribution in [3.05, 3.63) is 29.3 Å². The maximum atomic E-state index is 11.9. The first kappa shape index (κ1) is 11.7. The lowest BCUT2D eigenvalue weighted by atomic mass is 9.95. The van der Waals surface area contributed by atoms with Gasteiger partial charge in [0.25, 0.3) is 5.91 Å². The molecule has 0 radical (unpaired) electrons. The summed E-state index contributed by atoms with van der Waals surface area (Å²) < 4.78 is 5.18. The molecule has 1 aromatic carbocycles. The summed E-state index contributed by atoms with van der Waals surface area (Å²) in [5.41, 5.74) is 1.11. The predicted molar refractivity (Wildman–Crippen MR) is 65.4 cm³/mol. The highest BCUT2D eigenvalue weighted by atomic mass is 16.6. The molecule has 1 atom stereocenters. The van der Waals surface area contributed by atoms with E-state index in [4.69, 9.17) is 4.74 Å². The lowest BCUT2D eigenvalue weighted by Crippen LogP contribution is -2.34. The average Bonchev–Trinajstić information content (AvgIpc) is 2.81. The monoisotopic (exact) mass is 260 g/mol. The van der Waals surface area contributed by atoms with E-state index >= 15 is 0 Å². The van der Waals surface area contributed by atoms with Crippen LogP contribution in [0.2, 0.25) is 0 Å². The number of carbonyl (C=O) groups is 3. The molecule has 1 spiro atoms. The Kier molecular flexibility index (Phi) is 2.35. The zero-order valence-corrected chi connectivity index (χ0v) is 10.3. The van der Waals surface area contributed by atoms with Gasteiger partial charge in [0.15, 0.2) is 0 Å². The molecule has 3 rings (SSSR count). The first-order chi connectivity index (χ1) is 9.01. The third-order valence-electron chi connectivity index (χ3n) is 3.46.